The number of rotatable bonds is 7. The van der Waals surface area contributed by atoms with E-state index in [-0.39, 0.29) is 18.2 Å². The van der Waals surface area contributed by atoms with Crippen molar-refractivity contribution in [2.45, 2.75) is 32.3 Å². The Kier molecular flexibility index (Phi) is 6.36. The molecule has 132 valence electrons. The van der Waals surface area contributed by atoms with Gasteiger partial charge in [0.1, 0.15) is 5.75 Å². The Labute approximate surface area is 150 Å². The summed E-state index contributed by atoms with van der Waals surface area (Å²) in [6.45, 7) is 3.47. The van der Waals surface area contributed by atoms with Gasteiger partial charge in [-0.25, -0.2) is 0 Å². The lowest BCUT2D eigenvalue weighted by Gasteiger charge is -2.15. The van der Waals surface area contributed by atoms with Crippen LogP contribution >= 0.6 is 11.6 Å². The number of nitrogens with zero attached hydrogens (tertiary/aromatic N) is 1. The van der Waals surface area contributed by atoms with E-state index in [1.807, 2.05) is 6.92 Å². The molecule has 6 nitrogen and oxygen atoms in total. The van der Waals surface area contributed by atoms with Crippen molar-refractivity contribution < 1.29 is 19.4 Å². The molecule has 2 unspecified atom stereocenters. The fraction of sp³-hybridized carbons (Fsp3) is 0.278. The van der Waals surface area contributed by atoms with E-state index >= 15 is 0 Å². The van der Waals surface area contributed by atoms with Crippen LogP contribution in [0, 0.1) is 0 Å². The number of ether oxygens (including phenoxy) is 1. The minimum atomic E-state index is -0.841. The molecule has 2 atom stereocenters. The number of pyridine rings is 1. The van der Waals surface area contributed by atoms with Crippen LogP contribution in [-0.2, 0) is 9.59 Å². The van der Waals surface area contributed by atoms with Gasteiger partial charge in [0, 0.05) is 18.0 Å². The van der Waals surface area contributed by atoms with Gasteiger partial charge < -0.3 is 15.2 Å². The van der Waals surface area contributed by atoms with Crippen molar-refractivity contribution in [3.63, 3.8) is 0 Å². The van der Waals surface area contributed by atoms with E-state index in [9.17, 15) is 9.59 Å². The van der Waals surface area contributed by atoms with E-state index in [1.165, 1.54) is 12.4 Å². The van der Waals surface area contributed by atoms with Crippen LogP contribution in [-0.4, -0.2) is 28.1 Å². The van der Waals surface area contributed by atoms with Crippen LogP contribution in [0.3, 0.4) is 0 Å². The summed E-state index contributed by atoms with van der Waals surface area (Å²) in [7, 11) is 0. The summed E-state index contributed by atoms with van der Waals surface area (Å²) in [5, 5.41) is 12.0. The Morgan fingerprint density at radius 3 is 2.52 bits per heavy atom. The summed E-state index contributed by atoms with van der Waals surface area (Å²) in [5.74, 6) is -0.842. The number of nitrogens with one attached hydrogen (secondary N) is 1. The number of hydrogen-bond acceptors (Lipinski definition) is 4. The quantitative estimate of drug-likeness (QED) is 0.783. The third kappa shape index (κ3) is 5.76. The molecule has 0 spiro atoms. The van der Waals surface area contributed by atoms with E-state index in [0.29, 0.717) is 16.5 Å². The van der Waals surface area contributed by atoms with Crippen LogP contribution in [0.15, 0.2) is 42.7 Å². The zero-order valence-electron chi connectivity index (χ0n) is 13.9. The average Bonchev–Trinajstić information content (AvgIpc) is 2.54. The molecule has 7 heteroatoms. The Hall–Kier alpha value is -2.60. The lowest BCUT2D eigenvalue weighted by molar-refractivity contribution is -0.137. The van der Waals surface area contributed by atoms with Crippen LogP contribution in [0.25, 0.3) is 0 Å². The molecule has 2 rings (SSSR count). The molecule has 0 saturated heterocycles. The molecule has 0 aliphatic carbocycles. The molecular formula is C18H19ClN2O4. The van der Waals surface area contributed by atoms with Gasteiger partial charge in [0.15, 0.2) is 6.10 Å². The number of hydrogen-bond donors (Lipinski definition) is 2. The third-order valence-corrected chi connectivity index (χ3v) is 3.80. The van der Waals surface area contributed by atoms with Crippen molar-refractivity contribution >= 4 is 29.2 Å². The lowest BCUT2D eigenvalue weighted by Crippen LogP contribution is -2.30. The highest BCUT2D eigenvalue weighted by Crippen LogP contribution is 2.21. The fourth-order valence-corrected chi connectivity index (χ4v) is 2.40. The number of carboxylic acid groups (broad SMARTS) is 1. The van der Waals surface area contributed by atoms with Gasteiger partial charge in [-0.3, -0.25) is 14.6 Å². The zero-order chi connectivity index (χ0) is 18.4. The van der Waals surface area contributed by atoms with Crippen molar-refractivity contribution in [2.75, 3.05) is 5.32 Å². The first-order valence-corrected chi connectivity index (χ1v) is 8.12. The molecule has 0 aliphatic heterocycles. The molecule has 0 bridgehead atoms. The minimum absolute atomic E-state index is 0.0598. The van der Waals surface area contributed by atoms with E-state index in [2.05, 4.69) is 10.3 Å². The van der Waals surface area contributed by atoms with Crippen molar-refractivity contribution in [3.05, 3.63) is 53.3 Å². The topological polar surface area (TPSA) is 88.5 Å². The molecule has 1 aromatic heterocycles. The maximum absolute atomic E-state index is 12.2. The first-order chi connectivity index (χ1) is 11.8. The number of aromatic nitrogens is 1. The number of halogens is 1. The summed E-state index contributed by atoms with van der Waals surface area (Å²) in [5.41, 5.74) is 1.51. The predicted molar refractivity (Wildman–Crippen MR) is 95.1 cm³/mol. The highest BCUT2D eigenvalue weighted by atomic mass is 35.5. The number of benzene rings is 1. The summed E-state index contributed by atoms with van der Waals surface area (Å²) in [6.07, 6.45) is 2.29. The Balaban J connectivity index is 1.94. The molecule has 1 amide bonds. The van der Waals surface area contributed by atoms with Crippen molar-refractivity contribution in [2.24, 2.45) is 0 Å². The van der Waals surface area contributed by atoms with Gasteiger partial charge in [0.25, 0.3) is 5.91 Å². The third-order valence-electron chi connectivity index (χ3n) is 3.59. The van der Waals surface area contributed by atoms with Crippen molar-refractivity contribution in [1.82, 2.24) is 4.98 Å². The van der Waals surface area contributed by atoms with Gasteiger partial charge in [0.05, 0.1) is 17.6 Å². The number of anilines is 1. The van der Waals surface area contributed by atoms with E-state index in [0.717, 1.165) is 5.56 Å². The summed E-state index contributed by atoms with van der Waals surface area (Å²) in [4.78, 5) is 26.9. The zero-order valence-corrected chi connectivity index (χ0v) is 14.7. The fourth-order valence-electron chi connectivity index (χ4n) is 2.23. The van der Waals surface area contributed by atoms with Gasteiger partial charge in [-0.15, -0.1) is 0 Å². The predicted octanol–water partition coefficient (Wildman–Crippen LogP) is 3.72. The first kappa shape index (κ1) is 18.7. The van der Waals surface area contributed by atoms with E-state index in [4.69, 9.17) is 21.4 Å². The van der Waals surface area contributed by atoms with Crippen LogP contribution < -0.4 is 10.1 Å². The molecule has 0 radical (unpaired) electrons. The smallest absolute Gasteiger partial charge is 0.303 e. The van der Waals surface area contributed by atoms with Gasteiger partial charge in [0.2, 0.25) is 0 Å². The Bertz CT molecular complexity index is 749. The monoisotopic (exact) mass is 362 g/mol. The van der Waals surface area contributed by atoms with Crippen LogP contribution in [0.1, 0.15) is 31.7 Å². The van der Waals surface area contributed by atoms with Gasteiger partial charge in [-0.1, -0.05) is 30.7 Å². The minimum Gasteiger partial charge on any atom is -0.481 e. The van der Waals surface area contributed by atoms with Gasteiger partial charge >= 0.3 is 5.97 Å². The van der Waals surface area contributed by atoms with E-state index in [1.54, 1.807) is 37.3 Å². The van der Waals surface area contributed by atoms with Gasteiger partial charge in [-0.05, 0) is 30.5 Å². The second-order valence-electron chi connectivity index (χ2n) is 5.71. The summed E-state index contributed by atoms with van der Waals surface area (Å²) < 4.78 is 5.51. The molecule has 0 saturated carbocycles. The summed E-state index contributed by atoms with van der Waals surface area (Å²) in [6, 6.07) is 8.65. The lowest BCUT2D eigenvalue weighted by atomic mass is 9.98. The molecule has 2 aromatic rings. The Morgan fingerprint density at radius 1 is 1.24 bits per heavy atom. The Morgan fingerprint density at radius 2 is 1.92 bits per heavy atom. The summed E-state index contributed by atoms with van der Waals surface area (Å²) >= 11 is 5.83. The second-order valence-corrected chi connectivity index (χ2v) is 6.15. The largest absolute Gasteiger partial charge is 0.481 e. The molecule has 0 fully saturated rings. The van der Waals surface area contributed by atoms with Crippen LogP contribution in [0.4, 0.5) is 5.69 Å². The molecule has 1 aromatic carbocycles. The number of aliphatic carboxylic acids is 1. The number of carbonyl (C=O) groups excluding carboxylic acids is 1. The highest BCUT2D eigenvalue weighted by Gasteiger charge is 2.16. The highest BCUT2D eigenvalue weighted by molar-refractivity contribution is 6.30. The van der Waals surface area contributed by atoms with E-state index < -0.39 is 12.1 Å². The molecular weight excluding hydrogens is 344 g/mol. The van der Waals surface area contributed by atoms with Gasteiger partial charge in [-0.2, -0.15) is 0 Å². The van der Waals surface area contributed by atoms with Crippen LogP contribution in [0.5, 0.6) is 5.75 Å². The molecule has 25 heavy (non-hydrogen) atoms. The van der Waals surface area contributed by atoms with Crippen LogP contribution in [0.2, 0.25) is 5.02 Å². The first-order valence-electron chi connectivity index (χ1n) is 7.75. The molecule has 2 N–H and O–H groups in total. The number of carbonyl (C=O) groups is 2. The standard InChI is InChI=1S/C18H19ClN2O4/c1-11(7-17(22)23)13-3-5-15(6-4-13)21-18(24)12(2)25-16-8-14(19)9-20-10-16/h3-6,8-12H,7H2,1-2H3,(H,21,24)(H,22,23). The van der Waals surface area contributed by atoms with Crippen molar-refractivity contribution in [3.8, 4) is 5.75 Å². The number of amides is 1. The number of carboxylic acids is 1. The maximum Gasteiger partial charge on any atom is 0.303 e. The SMILES string of the molecule is CC(Oc1cncc(Cl)c1)C(=O)Nc1ccc(C(C)CC(=O)O)cc1. The second kappa shape index (κ2) is 8.48. The van der Waals surface area contributed by atoms with Crippen molar-refractivity contribution in [1.29, 1.82) is 0 Å². The normalized spacial score (nSPS) is 12.9. The molecule has 0 aliphatic rings. The maximum atomic E-state index is 12.2. The molecule has 1 heterocycles. The average molecular weight is 363 g/mol.